The molecule has 8 aromatic heterocycles. The Bertz CT molecular complexity index is 7440. The van der Waals surface area contributed by atoms with Gasteiger partial charge in [0, 0.05) is 99.7 Å². The number of pyridine rings is 6. The Hall–Kier alpha value is -15.1. The molecule has 0 aliphatic heterocycles. The summed E-state index contributed by atoms with van der Waals surface area (Å²) >= 11 is 6.77. The highest BCUT2D eigenvalue weighted by Crippen LogP contribution is 2.39. The molecule has 0 aliphatic carbocycles. The first-order valence-corrected chi connectivity index (χ1v) is 46.2. The van der Waals surface area contributed by atoms with E-state index in [0.29, 0.717) is 114 Å². The van der Waals surface area contributed by atoms with Gasteiger partial charge < -0.3 is 39.2 Å². The highest BCUT2D eigenvalue weighted by atomic mass is 79.9. The van der Waals surface area contributed by atoms with Crippen LogP contribution < -0.4 is 24.4 Å². The normalized spacial score (nSPS) is 10.8. The van der Waals surface area contributed by atoms with Gasteiger partial charge in [-0.05, 0) is 317 Å². The van der Waals surface area contributed by atoms with Crippen molar-refractivity contribution in [3.63, 3.8) is 0 Å². The van der Waals surface area contributed by atoms with Crippen molar-refractivity contribution in [2.45, 2.75) is 66.2 Å². The van der Waals surface area contributed by atoms with Crippen LogP contribution in [-0.2, 0) is 38.5 Å². The molecule has 0 unspecified atom stereocenters. The van der Waals surface area contributed by atoms with Gasteiger partial charge >= 0.3 is 7.12 Å². The molecular weight excluding hydrogens is 1930 g/mol. The molecule has 0 saturated carbocycles. The molecule has 28 heteroatoms. The topological polar surface area (TPSA) is 247 Å². The van der Waals surface area contributed by atoms with Crippen LogP contribution in [0.1, 0.15) is 94.5 Å². The highest BCUT2D eigenvalue weighted by Gasteiger charge is 2.23. The lowest BCUT2D eigenvalue weighted by Gasteiger charge is -2.13. The zero-order valence-corrected chi connectivity index (χ0v) is 80.2. The number of nitrogens with zero attached hydrogens (tertiary/aromatic N) is 10. The maximum Gasteiger partial charge on any atom is 0.492 e. The van der Waals surface area contributed by atoms with Gasteiger partial charge in [-0.25, -0.2) is 46.3 Å². The van der Waals surface area contributed by atoms with E-state index in [9.17, 15) is 46.6 Å². The molecular formula is C112H92BBr2ClF6N10O8. The summed E-state index contributed by atoms with van der Waals surface area (Å²) in [6.07, 6.45) is 21.7. The van der Waals surface area contributed by atoms with E-state index >= 15 is 0 Å². The molecule has 0 radical (unpaired) electrons. The highest BCUT2D eigenvalue weighted by molar-refractivity contribution is 9.11. The number of para-hydroxylation sites is 1. The van der Waals surface area contributed by atoms with Gasteiger partial charge in [0.25, 0.3) is 0 Å². The van der Waals surface area contributed by atoms with Crippen LogP contribution in [0.2, 0.25) is 0 Å². The van der Waals surface area contributed by atoms with Crippen LogP contribution in [0, 0.1) is 34.9 Å². The Kier molecular flexibility index (Phi) is 35.1. The zero-order valence-electron chi connectivity index (χ0n) is 76.2. The van der Waals surface area contributed by atoms with Crippen LogP contribution in [-0.4, -0.2) is 104 Å². The van der Waals surface area contributed by atoms with Crippen molar-refractivity contribution in [3.8, 4) is 57.3 Å². The molecule has 0 spiro atoms. The number of phenolic OH excluding ortho intramolecular Hbond substituents is 2. The van der Waals surface area contributed by atoms with Crippen molar-refractivity contribution in [1.29, 1.82) is 0 Å². The second-order valence-corrected chi connectivity index (χ2v) is 33.7. The summed E-state index contributed by atoms with van der Waals surface area (Å²) in [5.41, 5.74) is 18.5. The van der Waals surface area contributed by atoms with Gasteiger partial charge in [-0.3, -0.25) is 29.9 Å². The molecule has 704 valence electrons. The second-order valence-electron chi connectivity index (χ2n) is 32.0. The lowest BCUT2D eigenvalue weighted by molar-refractivity contribution is 0.341. The smallest absolute Gasteiger partial charge is 0.492 e. The number of aromatic nitrogens is 10. The molecule has 4 N–H and O–H groups in total. The number of rotatable bonds is 23. The van der Waals surface area contributed by atoms with Crippen LogP contribution in [0.3, 0.4) is 0 Å². The van der Waals surface area contributed by atoms with Gasteiger partial charge in [0.1, 0.15) is 79.5 Å². The predicted molar refractivity (Wildman–Crippen MR) is 548 cm³/mol. The quantitative estimate of drug-likeness (QED) is 0.0343. The lowest BCUT2D eigenvalue weighted by Crippen LogP contribution is -2.31. The third kappa shape index (κ3) is 26.6. The summed E-state index contributed by atoms with van der Waals surface area (Å²) in [5, 5.41) is 44.2. The molecule has 0 bridgehead atoms. The van der Waals surface area contributed by atoms with E-state index in [-0.39, 0.29) is 58.8 Å². The summed E-state index contributed by atoms with van der Waals surface area (Å²) < 4.78 is 102. The maximum atomic E-state index is 13.1. The van der Waals surface area contributed by atoms with Crippen LogP contribution in [0.15, 0.2) is 344 Å². The number of fused-ring (bicyclic) bond motifs is 6. The monoisotopic (exact) mass is 2020 g/mol. The van der Waals surface area contributed by atoms with E-state index in [1.807, 2.05) is 113 Å². The number of halogens is 9. The molecule has 140 heavy (non-hydrogen) atoms. The minimum atomic E-state index is -1.61. The van der Waals surface area contributed by atoms with E-state index in [1.165, 1.54) is 72.8 Å². The Morgan fingerprint density at radius 2 is 0.521 bits per heavy atom. The lowest BCUT2D eigenvalue weighted by atomic mass is 9.79. The zero-order chi connectivity index (χ0) is 97.3. The largest absolute Gasteiger partial charge is 0.506 e. The molecule has 0 amide bonds. The maximum absolute atomic E-state index is 13.1. The van der Waals surface area contributed by atoms with Crippen LogP contribution >= 0.6 is 44.3 Å². The summed E-state index contributed by atoms with van der Waals surface area (Å²) in [5.74, 6) is 2.70. The third-order valence-corrected chi connectivity index (χ3v) is 23.3. The number of ether oxygens (including phenoxy) is 4. The fourth-order valence-corrected chi connectivity index (χ4v) is 16.2. The van der Waals surface area contributed by atoms with Crippen molar-refractivity contribution in [2.24, 2.45) is 0 Å². The summed E-state index contributed by atoms with van der Waals surface area (Å²) in [6.45, 7) is 9.71. The standard InChI is InChI=1S/2C22H18FN3O.C18H17BFNO3.C18H15BrFNO.C16H11BrFNO.C16H12FNO.ClH/c2*1-2-27-21-19(22-24-10-3-11-25-22)9-6-17-13-16(14-26-20(17)21)12-15-4-7-18(23)8-5-15;1-2-24-18-16(19(22)23)8-5-14-10-13(11-21-17(14)18)9-12-3-6-15(20)7-4-12;1-2-22-18-16(19)8-5-14-10-13(11-21-17(14)18)9-12-3-6-15(20)7-4-12;17-14-6-3-12-8-11(9-19-15(12)16(14)20)7-10-1-4-13(18)5-2-10;17-14-6-4-11(5-7-14)8-12-9-13-2-1-3-15(19)16(13)18-10-12;/h2*3-11,13-14H,2,12H2,1H3;3-8,10-11,22-23H,2,9H2,1H3;3-8,10-11H,2,9H2,1H3;1-6,8-9,20H,7H2;1-7,9-10,19H,8H2;1H. The second kappa shape index (κ2) is 48.7. The van der Waals surface area contributed by atoms with Gasteiger partial charge in [-0.1, -0.05) is 121 Å². The molecule has 12 aromatic carbocycles. The predicted octanol–water partition coefficient (Wildman–Crippen LogP) is 25.3. The van der Waals surface area contributed by atoms with E-state index in [4.69, 9.17) is 18.9 Å². The first-order chi connectivity index (χ1) is 67.6. The number of phenols is 2. The van der Waals surface area contributed by atoms with Crippen molar-refractivity contribution < 1.29 is 65.6 Å². The average Bonchev–Trinajstić information content (AvgIpc) is 0.785. The van der Waals surface area contributed by atoms with E-state index in [0.717, 1.165) is 143 Å². The van der Waals surface area contributed by atoms with E-state index in [1.54, 1.807) is 159 Å². The first kappa shape index (κ1) is 101. The molecule has 8 heterocycles. The van der Waals surface area contributed by atoms with Crippen molar-refractivity contribution in [3.05, 3.63) is 446 Å². The molecule has 0 atom stereocenters. The minimum Gasteiger partial charge on any atom is -0.506 e. The van der Waals surface area contributed by atoms with Gasteiger partial charge in [0.05, 0.1) is 46.5 Å². The summed E-state index contributed by atoms with van der Waals surface area (Å²) in [7, 11) is -1.61. The molecule has 20 aromatic rings. The molecule has 0 fully saturated rings. The number of hydrogen-bond donors (Lipinski definition) is 4. The van der Waals surface area contributed by atoms with Crippen LogP contribution in [0.25, 0.3) is 88.2 Å². The van der Waals surface area contributed by atoms with E-state index < -0.39 is 7.12 Å². The average molecular weight is 2030 g/mol. The summed E-state index contributed by atoms with van der Waals surface area (Å²) in [4.78, 5) is 44.2. The Labute approximate surface area is 827 Å². The fraction of sp³-hybridized carbons (Fsp3) is 0.125. The number of hydrogen-bond acceptors (Lipinski definition) is 18. The molecule has 20 rings (SSSR count). The minimum absolute atomic E-state index is 0. The van der Waals surface area contributed by atoms with Crippen molar-refractivity contribution >= 4 is 122 Å². The van der Waals surface area contributed by atoms with Gasteiger partial charge in [-0.2, -0.15) is 0 Å². The van der Waals surface area contributed by atoms with Gasteiger partial charge in [0.15, 0.2) is 34.6 Å². The Morgan fingerprint density at radius 1 is 0.264 bits per heavy atom. The van der Waals surface area contributed by atoms with Crippen molar-refractivity contribution in [2.75, 3.05) is 26.4 Å². The van der Waals surface area contributed by atoms with Gasteiger partial charge in [0.2, 0.25) is 0 Å². The van der Waals surface area contributed by atoms with Crippen molar-refractivity contribution in [1.82, 2.24) is 49.8 Å². The molecule has 0 aliphatic rings. The number of benzene rings is 12. The van der Waals surface area contributed by atoms with Crippen LogP contribution in [0.4, 0.5) is 26.3 Å². The number of aromatic hydroxyl groups is 2. The third-order valence-electron chi connectivity index (χ3n) is 22.0. The fourth-order valence-electron chi connectivity index (χ4n) is 15.5. The van der Waals surface area contributed by atoms with Gasteiger partial charge in [-0.15, -0.1) is 12.4 Å². The Balaban J connectivity index is 0.000000134. The molecule has 0 saturated heterocycles. The first-order valence-electron chi connectivity index (χ1n) is 44.6. The van der Waals surface area contributed by atoms with Crippen LogP contribution in [0.5, 0.6) is 34.5 Å². The molecule has 18 nitrogen and oxygen atoms in total. The SMILES string of the molecule is CCOc1c(-c2ncccn2)ccc2cc(Cc3ccc(F)cc3)cnc12.CCOc1c(-c2ncccn2)ccc2cc(Cc3ccc(F)cc3)cnc12.CCOc1c(B(O)O)ccc2cc(Cc3ccc(F)cc3)cnc12.CCOc1c(Br)ccc2cc(Cc3ccc(F)cc3)cnc12.Cl.Oc1c(Br)ccc2cc(Cc3ccc(F)cc3)cnc12.Oc1cccc2cc(Cc3ccc(F)cc3)cnc12. The summed E-state index contributed by atoms with van der Waals surface area (Å²) in [6, 6.07) is 79.0. The Morgan fingerprint density at radius 3 is 0.843 bits per heavy atom. The van der Waals surface area contributed by atoms with E-state index in [2.05, 4.69) is 99.9 Å².